The average molecular weight is 278 g/mol. The van der Waals surface area contributed by atoms with Crippen molar-refractivity contribution in [1.82, 2.24) is 10.2 Å². The molecule has 2 aliphatic rings. The highest BCUT2D eigenvalue weighted by atomic mass is 19.4. The zero-order chi connectivity index (χ0) is 13.9. The van der Waals surface area contributed by atoms with Crippen LogP contribution in [0.4, 0.5) is 13.2 Å². The third-order valence-corrected chi connectivity index (χ3v) is 4.44. The van der Waals surface area contributed by atoms with Crippen LogP contribution in [0.3, 0.4) is 0 Å². The van der Waals surface area contributed by atoms with Gasteiger partial charge in [0.2, 0.25) is 0 Å². The predicted molar refractivity (Wildman–Crippen MR) is 70.1 cm³/mol. The normalized spacial score (nSPS) is 30.3. The largest absolute Gasteiger partial charge is 0.389 e. The molecule has 2 rings (SSSR count). The lowest BCUT2D eigenvalue weighted by molar-refractivity contribution is -0.135. The van der Waals surface area contributed by atoms with Crippen LogP contribution < -0.4 is 5.32 Å². The first-order valence-electron chi connectivity index (χ1n) is 7.51. The summed E-state index contributed by atoms with van der Waals surface area (Å²) in [6.45, 7) is 4.40. The second kappa shape index (κ2) is 6.44. The van der Waals surface area contributed by atoms with Gasteiger partial charge in [0.15, 0.2) is 0 Å². The van der Waals surface area contributed by atoms with Crippen molar-refractivity contribution in [3.05, 3.63) is 0 Å². The Kier molecular flexibility index (Phi) is 5.12. The monoisotopic (exact) mass is 278 g/mol. The Morgan fingerprint density at radius 3 is 2.79 bits per heavy atom. The summed E-state index contributed by atoms with van der Waals surface area (Å²) in [5.74, 6) is 0. The third kappa shape index (κ3) is 4.95. The summed E-state index contributed by atoms with van der Waals surface area (Å²) in [5, 5.41) is 3.52. The van der Waals surface area contributed by atoms with Crippen LogP contribution in [0.15, 0.2) is 0 Å². The molecule has 0 bridgehead atoms. The highest BCUT2D eigenvalue weighted by Gasteiger charge is 2.32. The van der Waals surface area contributed by atoms with Gasteiger partial charge in [0.05, 0.1) is 0 Å². The Hall–Kier alpha value is -0.290. The summed E-state index contributed by atoms with van der Waals surface area (Å²) in [6, 6.07) is 1.41. The van der Waals surface area contributed by atoms with Crippen molar-refractivity contribution in [2.24, 2.45) is 0 Å². The Morgan fingerprint density at radius 1 is 1.26 bits per heavy atom. The zero-order valence-electron chi connectivity index (χ0n) is 11.7. The van der Waals surface area contributed by atoms with E-state index in [2.05, 4.69) is 10.2 Å². The van der Waals surface area contributed by atoms with E-state index in [4.69, 9.17) is 0 Å². The van der Waals surface area contributed by atoms with Crippen molar-refractivity contribution in [3.8, 4) is 0 Å². The quantitative estimate of drug-likeness (QED) is 0.830. The topological polar surface area (TPSA) is 15.3 Å². The van der Waals surface area contributed by atoms with Crippen LogP contribution in [0.25, 0.3) is 0 Å². The van der Waals surface area contributed by atoms with Gasteiger partial charge in [-0.2, -0.15) is 13.2 Å². The minimum Gasteiger partial charge on any atom is -0.311 e. The van der Waals surface area contributed by atoms with Crippen molar-refractivity contribution in [2.75, 3.05) is 13.1 Å². The number of halogens is 3. The van der Waals surface area contributed by atoms with Gasteiger partial charge in [-0.15, -0.1) is 0 Å². The number of hydrogen-bond donors (Lipinski definition) is 1. The van der Waals surface area contributed by atoms with Crippen LogP contribution in [0.1, 0.15) is 51.9 Å². The van der Waals surface area contributed by atoms with Crippen LogP contribution in [-0.4, -0.2) is 42.3 Å². The predicted octanol–water partition coefficient (Wildman–Crippen LogP) is 3.32. The maximum Gasteiger partial charge on any atom is 0.389 e. The lowest BCUT2D eigenvalue weighted by atomic mass is 9.96. The number of fused-ring (bicyclic) bond motifs is 1. The highest BCUT2D eigenvalue weighted by molar-refractivity contribution is 4.89. The van der Waals surface area contributed by atoms with Gasteiger partial charge in [0.1, 0.15) is 0 Å². The third-order valence-electron chi connectivity index (χ3n) is 4.44. The molecule has 112 valence electrons. The van der Waals surface area contributed by atoms with Gasteiger partial charge in [0, 0.05) is 24.5 Å². The second-order valence-electron chi connectivity index (χ2n) is 6.13. The van der Waals surface area contributed by atoms with Crippen LogP contribution >= 0.6 is 0 Å². The fourth-order valence-electron chi connectivity index (χ4n) is 3.47. The van der Waals surface area contributed by atoms with Gasteiger partial charge in [0.25, 0.3) is 0 Å². The van der Waals surface area contributed by atoms with E-state index in [1.165, 1.54) is 25.8 Å². The molecule has 2 aliphatic heterocycles. The minimum atomic E-state index is -4.01. The lowest BCUT2D eigenvalue weighted by Gasteiger charge is -2.36. The average Bonchev–Trinajstić information content (AvgIpc) is 2.74. The van der Waals surface area contributed by atoms with Gasteiger partial charge in [-0.05, 0) is 58.5 Å². The molecule has 3 atom stereocenters. The van der Waals surface area contributed by atoms with Crippen molar-refractivity contribution >= 4 is 0 Å². The number of nitrogens with zero attached hydrogens (tertiary/aromatic N) is 1. The van der Waals surface area contributed by atoms with Crippen LogP contribution in [-0.2, 0) is 0 Å². The van der Waals surface area contributed by atoms with Crippen molar-refractivity contribution in [2.45, 2.75) is 76.2 Å². The first-order valence-corrected chi connectivity index (χ1v) is 7.51. The van der Waals surface area contributed by atoms with Crippen LogP contribution in [0, 0.1) is 0 Å². The van der Waals surface area contributed by atoms with Crippen molar-refractivity contribution in [1.29, 1.82) is 0 Å². The van der Waals surface area contributed by atoms with Crippen LogP contribution in [0.5, 0.6) is 0 Å². The van der Waals surface area contributed by atoms with E-state index in [0.717, 1.165) is 13.0 Å². The highest BCUT2D eigenvalue weighted by Crippen LogP contribution is 2.27. The molecule has 0 aromatic heterocycles. The molecule has 0 aromatic rings. The first kappa shape index (κ1) is 15.1. The second-order valence-corrected chi connectivity index (χ2v) is 6.13. The standard InChI is InChI=1S/C14H25F3N2/c1-11(4-2-7-14(15,16)17)18-12-6-9-19-8-3-5-13(19)10-12/h11-13,18H,2-10H2,1H3. The van der Waals surface area contributed by atoms with Gasteiger partial charge >= 0.3 is 6.18 Å². The fourth-order valence-corrected chi connectivity index (χ4v) is 3.47. The molecule has 0 saturated carbocycles. The van der Waals surface area contributed by atoms with Crippen molar-refractivity contribution in [3.63, 3.8) is 0 Å². The summed E-state index contributed by atoms with van der Waals surface area (Å²) in [4.78, 5) is 2.56. The van der Waals surface area contributed by atoms with E-state index >= 15 is 0 Å². The molecule has 0 aromatic carbocycles. The molecule has 1 N–H and O–H groups in total. The number of piperidine rings is 1. The molecule has 2 heterocycles. The summed E-state index contributed by atoms with van der Waals surface area (Å²) in [5.41, 5.74) is 0. The Balaban J connectivity index is 1.64. The molecular weight excluding hydrogens is 253 g/mol. The Labute approximate surface area is 113 Å². The molecule has 0 radical (unpaired) electrons. The van der Waals surface area contributed by atoms with Crippen LogP contribution in [0.2, 0.25) is 0 Å². The van der Waals surface area contributed by atoms with E-state index in [1.54, 1.807) is 0 Å². The molecular formula is C14H25F3N2. The van der Waals surface area contributed by atoms with Gasteiger partial charge < -0.3 is 10.2 Å². The number of nitrogens with one attached hydrogen (secondary N) is 1. The van der Waals surface area contributed by atoms with E-state index in [0.29, 0.717) is 18.5 Å². The SMILES string of the molecule is CC(CCCC(F)(F)F)NC1CCN2CCCC2C1. The molecule has 2 fully saturated rings. The fraction of sp³-hybridized carbons (Fsp3) is 1.00. The summed E-state index contributed by atoms with van der Waals surface area (Å²) < 4.78 is 36.3. The smallest absolute Gasteiger partial charge is 0.311 e. The summed E-state index contributed by atoms with van der Waals surface area (Å²) in [7, 11) is 0. The van der Waals surface area contributed by atoms with Gasteiger partial charge in [-0.25, -0.2) is 0 Å². The maximum absolute atomic E-state index is 12.1. The molecule has 5 heteroatoms. The molecule has 19 heavy (non-hydrogen) atoms. The first-order chi connectivity index (χ1) is 8.94. The summed E-state index contributed by atoms with van der Waals surface area (Å²) >= 11 is 0. The van der Waals surface area contributed by atoms with Gasteiger partial charge in [-0.3, -0.25) is 0 Å². The number of alkyl halides is 3. The number of hydrogen-bond acceptors (Lipinski definition) is 2. The minimum absolute atomic E-state index is 0.195. The molecule has 2 saturated heterocycles. The number of rotatable bonds is 5. The maximum atomic E-state index is 12.1. The van der Waals surface area contributed by atoms with Crippen molar-refractivity contribution < 1.29 is 13.2 Å². The van der Waals surface area contributed by atoms with E-state index < -0.39 is 12.6 Å². The molecule has 2 nitrogen and oxygen atoms in total. The molecule has 0 amide bonds. The van der Waals surface area contributed by atoms with E-state index in [-0.39, 0.29) is 12.5 Å². The molecule has 3 unspecified atom stereocenters. The molecule has 0 aliphatic carbocycles. The Morgan fingerprint density at radius 2 is 2.05 bits per heavy atom. The van der Waals surface area contributed by atoms with E-state index in [1.807, 2.05) is 6.92 Å². The summed E-state index contributed by atoms with van der Waals surface area (Å²) in [6.07, 6.45) is 1.10. The lowest BCUT2D eigenvalue weighted by Crippen LogP contribution is -2.48. The molecule has 0 spiro atoms. The van der Waals surface area contributed by atoms with Gasteiger partial charge in [-0.1, -0.05) is 0 Å². The van der Waals surface area contributed by atoms with E-state index in [9.17, 15) is 13.2 Å². The zero-order valence-corrected chi connectivity index (χ0v) is 11.7. The Bertz CT molecular complexity index is 280.